The van der Waals surface area contributed by atoms with E-state index in [4.69, 9.17) is 14.9 Å². The van der Waals surface area contributed by atoms with Crippen molar-refractivity contribution in [3.8, 4) is 0 Å². The van der Waals surface area contributed by atoms with Gasteiger partial charge < -0.3 is 20.2 Å². The molecule has 0 aliphatic rings. The van der Waals surface area contributed by atoms with Gasteiger partial charge in [-0.1, -0.05) is 30.3 Å². The number of carbonyl (C=O) groups excluding carboxylic acids is 1. The minimum Gasteiger partial charge on any atom is -0.467 e. The molecule has 1 heterocycles. The highest BCUT2D eigenvalue weighted by molar-refractivity contribution is 5.93. The summed E-state index contributed by atoms with van der Waals surface area (Å²) in [6, 6.07) is 12.0. The van der Waals surface area contributed by atoms with Crippen molar-refractivity contribution in [2.75, 3.05) is 19.8 Å². The molecule has 2 aromatic rings. The smallest absolute Gasteiger partial charge is 0.254 e. The van der Waals surface area contributed by atoms with Crippen LogP contribution in [-0.4, -0.2) is 25.7 Å². The minimum atomic E-state index is -0.126. The van der Waals surface area contributed by atoms with E-state index in [-0.39, 0.29) is 18.3 Å². The Morgan fingerprint density at radius 3 is 2.67 bits per heavy atom. The van der Waals surface area contributed by atoms with Gasteiger partial charge >= 0.3 is 0 Å². The number of halogens is 1. The van der Waals surface area contributed by atoms with Gasteiger partial charge in [-0.2, -0.15) is 0 Å². The Bertz CT molecular complexity index is 587. The monoisotopic (exact) mass is 352 g/mol. The molecule has 0 atom stereocenters. The highest BCUT2D eigenvalue weighted by atomic mass is 35.5. The van der Waals surface area contributed by atoms with E-state index in [9.17, 15) is 4.79 Å². The standard InChI is InChI=1S/C18H24N2O3.ClH/c19-13-17-12-16(14-23-17)18(21)20-9-4-5-10-22-11-8-15-6-2-1-3-7-15;/h1-3,6-7,12,14H,4-5,8-11,13,19H2,(H,20,21);1H. The van der Waals surface area contributed by atoms with E-state index < -0.39 is 0 Å². The van der Waals surface area contributed by atoms with Crippen LogP contribution in [0.4, 0.5) is 0 Å². The van der Waals surface area contributed by atoms with Crippen molar-refractivity contribution in [2.24, 2.45) is 5.73 Å². The molecule has 0 radical (unpaired) electrons. The number of hydrogen-bond donors (Lipinski definition) is 2. The minimum absolute atomic E-state index is 0. The van der Waals surface area contributed by atoms with Crippen molar-refractivity contribution in [1.29, 1.82) is 0 Å². The summed E-state index contributed by atoms with van der Waals surface area (Å²) in [4.78, 5) is 11.8. The van der Waals surface area contributed by atoms with Crippen molar-refractivity contribution in [2.45, 2.75) is 25.8 Å². The number of furan rings is 1. The summed E-state index contributed by atoms with van der Waals surface area (Å²) >= 11 is 0. The zero-order chi connectivity index (χ0) is 16.3. The first-order chi connectivity index (χ1) is 11.3. The molecule has 0 aliphatic carbocycles. The molecule has 5 nitrogen and oxygen atoms in total. The molecule has 0 fully saturated rings. The number of amides is 1. The normalized spacial score (nSPS) is 10.2. The van der Waals surface area contributed by atoms with E-state index in [1.807, 2.05) is 18.2 Å². The van der Waals surface area contributed by atoms with Crippen LogP contribution in [0.5, 0.6) is 0 Å². The van der Waals surface area contributed by atoms with Crippen LogP contribution < -0.4 is 11.1 Å². The maximum atomic E-state index is 11.8. The summed E-state index contributed by atoms with van der Waals surface area (Å²) in [6.07, 6.45) is 4.18. The van der Waals surface area contributed by atoms with Gasteiger partial charge in [-0.15, -0.1) is 12.4 Å². The molecule has 0 saturated carbocycles. The van der Waals surface area contributed by atoms with Gasteiger partial charge in [0.2, 0.25) is 0 Å². The topological polar surface area (TPSA) is 77.5 Å². The molecule has 1 aromatic heterocycles. The molecule has 0 unspecified atom stereocenters. The van der Waals surface area contributed by atoms with Crippen LogP contribution in [0.1, 0.15) is 34.5 Å². The molecule has 2 rings (SSSR count). The van der Waals surface area contributed by atoms with Gasteiger partial charge in [0.05, 0.1) is 18.7 Å². The molecule has 0 spiro atoms. The summed E-state index contributed by atoms with van der Waals surface area (Å²) in [5, 5.41) is 2.86. The van der Waals surface area contributed by atoms with E-state index in [0.717, 1.165) is 25.9 Å². The van der Waals surface area contributed by atoms with Crippen molar-refractivity contribution in [3.63, 3.8) is 0 Å². The highest BCUT2D eigenvalue weighted by Crippen LogP contribution is 2.06. The first-order valence-corrected chi connectivity index (χ1v) is 7.97. The quantitative estimate of drug-likeness (QED) is 0.644. The lowest BCUT2D eigenvalue weighted by atomic mass is 10.2. The summed E-state index contributed by atoms with van der Waals surface area (Å²) in [6.45, 7) is 2.37. The second-order valence-electron chi connectivity index (χ2n) is 5.32. The molecular weight excluding hydrogens is 328 g/mol. The molecular formula is C18H25ClN2O3. The van der Waals surface area contributed by atoms with Crippen LogP contribution in [-0.2, 0) is 17.7 Å². The fourth-order valence-electron chi connectivity index (χ4n) is 2.18. The number of unbranched alkanes of at least 4 members (excludes halogenated alkanes) is 1. The molecule has 1 aromatic carbocycles. The Balaban J connectivity index is 0.00000288. The Labute approximate surface area is 149 Å². The summed E-state index contributed by atoms with van der Waals surface area (Å²) in [7, 11) is 0. The zero-order valence-corrected chi connectivity index (χ0v) is 14.5. The van der Waals surface area contributed by atoms with Gasteiger partial charge in [0.1, 0.15) is 12.0 Å². The van der Waals surface area contributed by atoms with Gasteiger partial charge in [0.25, 0.3) is 5.91 Å². The third kappa shape index (κ3) is 7.17. The van der Waals surface area contributed by atoms with Crippen LogP contribution in [0, 0.1) is 0 Å². The van der Waals surface area contributed by atoms with E-state index in [1.165, 1.54) is 11.8 Å². The molecule has 0 saturated heterocycles. The maximum Gasteiger partial charge on any atom is 0.254 e. The predicted octanol–water partition coefficient (Wildman–Crippen LogP) is 2.93. The fraction of sp³-hybridized carbons (Fsp3) is 0.389. The summed E-state index contributed by atoms with van der Waals surface area (Å²) in [5.41, 5.74) is 7.25. The van der Waals surface area contributed by atoms with Crippen molar-refractivity contribution >= 4 is 18.3 Å². The number of nitrogens with one attached hydrogen (secondary N) is 1. The van der Waals surface area contributed by atoms with Crippen LogP contribution in [0.2, 0.25) is 0 Å². The lowest BCUT2D eigenvalue weighted by molar-refractivity contribution is 0.0948. The average molecular weight is 353 g/mol. The molecule has 0 bridgehead atoms. The van der Waals surface area contributed by atoms with Crippen molar-refractivity contribution in [3.05, 3.63) is 59.5 Å². The number of nitrogens with two attached hydrogens (primary N) is 1. The first-order valence-electron chi connectivity index (χ1n) is 7.97. The van der Waals surface area contributed by atoms with Crippen molar-refractivity contribution < 1.29 is 13.9 Å². The Kier molecular flexibility index (Phi) is 9.84. The molecule has 132 valence electrons. The van der Waals surface area contributed by atoms with Gasteiger partial charge in [-0.05, 0) is 30.9 Å². The number of ether oxygens (including phenoxy) is 1. The van der Waals surface area contributed by atoms with Crippen LogP contribution in [0.3, 0.4) is 0 Å². The van der Waals surface area contributed by atoms with Crippen molar-refractivity contribution in [1.82, 2.24) is 5.32 Å². The predicted molar refractivity (Wildman–Crippen MR) is 96.4 cm³/mol. The fourth-order valence-corrected chi connectivity index (χ4v) is 2.18. The number of benzene rings is 1. The van der Waals surface area contributed by atoms with Gasteiger partial charge in [0, 0.05) is 13.2 Å². The Morgan fingerprint density at radius 2 is 1.96 bits per heavy atom. The average Bonchev–Trinajstić information content (AvgIpc) is 3.07. The van der Waals surface area contributed by atoms with E-state index in [2.05, 4.69) is 17.4 Å². The molecule has 24 heavy (non-hydrogen) atoms. The summed E-state index contributed by atoms with van der Waals surface area (Å²) in [5.74, 6) is 0.486. The zero-order valence-electron chi connectivity index (χ0n) is 13.7. The molecule has 6 heteroatoms. The largest absolute Gasteiger partial charge is 0.467 e. The lowest BCUT2D eigenvalue weighted by Crippen LogP contribution is -2.24. The van der Waals surface area contributed by atoms with Crippen LogP contribution in [0.25, 0.3) is 0 Å². The molecule has 1 amide bonds. The maximum absolute atomic E-state index is 11.8. The number of hydrogen-bond acceptors (Lipinski definition) is 4. The Hall–Kier alpha value is -1.82. The first kappa shape index (κ1) is 20.2. The Morgan fingerprint density at radius 1 is 1.17 bits per heavy atom. The third-order valence-corrected chi connectivity index (χ3v) is 3.50. The van der Waals surface area contributed by atoms with E-state index in [0.29, 0.717) is 31.0 Å². The summed E-state index contributed by atoms with van der Waals surface area (Å²) < 4.78 is 10.7. The molecule has 3 N–H and O–H groups in total. The lowest BCUT2D eigenvalue weighted by Gasteiger charge is -2.05. The van der Waals surface area contributed by atoms with Crippen LogP contribution in [0.15, 0.2) is 47.1 Å². The van der Waals surface area contributed by atoms with Gasteiger partial charge in [-0.3, -0.25) is 4.79 Å². The number of carbonyl (C=O) groups is 1. The van der Waals surface area contributed by atoms with E-state index >= 15 is 0 Å². The second-order valence-corrected chi connectivity index (χ2v) is 5.32. The second kappa shape index (κ2) is 11.7. The van der Waals surface area contributed by atoms with Gasteiger partial charge in [0.15, 0.2) is 0 Å². The SMILES string of the molecule is Cl.NCc1cc(C(=O)NCCCCOCCc2ccccc2)co1. The third-order valence-electron chi connectivity index (χ3n) is 3.50. The number of rotatable bonds is 10. The van der Waals surface area contributed by atoms with Crippen LogP contribution >= 0.6 is 12.4 Å². The molecule has 0 aliphatic heterocycles. The highest BCUT2D eigenvalue weighted by Gasteiger charge is 2.08. The van der Waals surface area contributed by atoms with Gasteiger partial charge in [-0.25, -0.2) is 0 Å². The van der Waals surface area contributed by atoms with E-state index in [1.54, 1.807) is 6.07 Å².